The number of nitrogen functional groups attached to an aromatic ring is 1. The van der Waals surface area contributed by atoms with Gasteiger partial charge in [0.05, 0.1) is 5.69 Å². The predicted molar refractivity (Wildman–Crippen MR) is 84.8 cm³/mol. The van der Waals surface area contributed by atoms with Crippen LogP contribution in [0.4, 0.5) is 5.69 Å². The van der Waals surface area contributed by atoms with E-state index in [1.165, 1.54) is 16.7 Å². The lowest BCUT2D eigenvalue weighted by atomic mass is 10.0. The molecule has 0 unspecified atom stereocenters. The van der Waals surface area contributed by atoms with E-state index in [9.17, 15) is 0 Å². The Balaban J connectivity index is 2.03. The lowest BCUT2D eigenvalue weighted by Crippen LogP contribution is -1.92. The molecular formula is C16H15BrN2O. The molecule has 3 rings (SSSR count). The lowest BCUT2D eigenvalue weighted by Gasteiger charge is -2.04. The fraction of sp³-hybridized carbons (Fsp3) is 0.188. The Bertz CT molecular complexity index is 793. The summed E-state index contributed by atoms with van der Waals surface area (Å²) in [6, 6.07) is 10.2. The maximum atomic E-state index is 5.95. The molecule has 0 amide bonds. The van der Waals surface area contributed by atoms with Crippen molar-refractivity contribution in [3.8, 4) is 0 Å². The molecule has 0 saturated carbocycles. The Morgan fingerprint density at radius 3 is 2.80 bits per heavy atom. The average molecular weight is 331 g/mol. The van der Waals surface area contributed by atoms with E-state index >= 15 is 0 Å². The first kappa shape index (κ1) is 13.2. The highest BCUT2D eigenvalue weighted by molar-refractivity contribution is 9.10. The van der Waals surface area contributed by atoms with E-state index in [1.54, 1.807) is 0 Å². The second-order valence-corrected chi connectivity index (χ2v) is 5.97. The first-order valence-corrected chi connectivity index (χ1v) is 7.23. The molecule has 0 saturated heterocycles. The van der Waals surface area contributed by atoms with Crippen LogP contribution in [0.15, 0.2) is 39.2 Å². The summed E-state index contributed by atoms with van der Waals surface area (Å²) >= 11 is 3.42. The third-order valence-corrected chi connectivity index (χ3v) is 3.83. The number of hydrogen-bond donors (Lipinski definition) is 1. The van der Waals surface area contributed by atoms with Gasteiger partial charge in [0.1, 0.15) is 5.52 Å². The normalized spacial score (nSPS) is 11.2. The number of hydrogen-bond acceptors (Lipinski definition) is 3. The predicted octanol–water partition coefficient (Wildman–Crippen LogP) is 4.38. The maximum absolute atomic E-state index is 5.95. The van der Waals surface area contributed by atoms with Crippen molar-refractivity contribution in [2.75, 3.05) is 5.73 Å². The molecule has 2 aromatic carbocycles. The Kier molecular flexibility index (Phi) is 3.26. The number of aryl methyl sites for hydroxylation is 2. The van der Waals surface area contributed by atoms with Gasteiger partial charge in [0.15, 0.2) is 11.5 Å². The standard InChI is InChI=1S/C16H15BrN2O/c1-9-3-4-10(2)11(5-9)6-15-19-14-8-12(17)7-13(18)16(14)20-15/h3-5,7-8H,6,18H2,1-2H3. The van der Waals surface area contributed by atoms with Crippen molar-refractivity contribution < 1.29 is 4.42 Å². The average Bonchev–Trinajstić information content (AvgIpc) is 2.76. The van der Waals surface area contributed by atoms with Crippen molar-refractivity contribution in [3.63, 3.8) is 0 Å². The molecular weight excluding hydrogens is 316 g/mol. The Morgan fingerprint density at radius 2 is 2.00 bits per heavy atom. The summed E-state index contributed by atoms with van der Waals surface area (Å²) in [6.45, 7) is 4.19. The summed E-state index contributed by atoms with van der Waals surface area (Å²) in [5, 5.41) is 0. The second kappa shape index (κ2) is 4.94. The third-order valence-electron chi connectivity index (χ3n) is 3.37. The van der Waals surface area contributed by atoms with Crippen molar-refractivity contribution in [1.29, 1.82) is 0 Å². The molecule has 0 aliphatic carbocycles. The molecule has 0 aliphatic rings. The van der Waals surface area contributed by atoms with Gasteiger partial charge in [-0.1, -0.05) is 39.7 Å². The van der Waals surface area contributed by atoms with E-state index in [0.717, 1.165) is 9.99 Å². The van der Waals surface area contributed by atoms with Gasteiger partial charge in [-0.15, -0.1) is 0 Å². The van der Waals surface area contributed by atoms with Gasteiger partial charge in [0.2, 0.25) is 0 Å². The van der Waals surface area contributed by atoms with Gasteiger partial charge in [0.25, 0.3) is 0 Å². The van der Waals surface area contributed by atoms with Crippen molar-refractivity contribution in [2.45, 2.75) is 20.3 Å². The van der Waals surface area contributed by atoms with E-state index < -0.39 is 0 Å². The summed E-state index contributed by atoms with van der Waals surface area (Å²) < 4.78 is 6.71. The van der Waals surface area contributed by atoms with Gasteiger partial charge in [-0.05, 0) is 37.1 Å². The zero-order valence-corrected chi connectivity index (χ0v) is 13.0. The van der Waals surface area contributed by atoms with Gasteiger partial charge < -0.3 is 10.2 Å². The van der Waals surface area contributed by atoms with Gasteiger partial charge >= 0.3 is 0 Å². The molecule has 0 spiro atoms. The van der Waals surface area contributed by atoms with E-state index in [1.807, 2.05) is 12.1 Å². The number of nitrogens with two attached hydrogens (primary N) is 1. The number of aromatic nitrogens is 1. The highest BCUT2D eigenvalue weighted by Crippen LogP contribution is 2.28. The number of nitrogens with zero attached hydrogens (tertiary/aromatic N) is 1. The molecule has 0 aliphatic heterocycles. The maximum Gasteiger partial charge on any atom is 0.200 e. The Morgan fingerprint density at radius 1 is 1.20 bits per heavy atom. The number of benzene rings is 2. The number of halogens is 1. The van der Waals surface area contributed by atoms with Crippen LogP contribution in [-0.2, 0) is 6.42 Å². The third kappa shape index (κ3) is 2.43. The minimum absolute atomic E-state index is 0.606. The van der Waals surface area contributed by atoms with Crippen LogP contribution in [0.3, 0.4) is 0 Å². The molecule has 1 heterocycles. The number of rotatable bonds is 2. The molecule has 4 heteroatoms. The monoisotopic (exact) mass is 330 g/mol. The minimum atomic E-state index is 0.606. The van der Waals surface area contributed by atoms with E-state index in [4.69, 9.17) is 10.2 Å². The van der Waals surface area contributed by atoms with Crippen LogP contribution in [-0.4, -0.2) is 4.98 Å². The first-order valence-electron chi connectivity index (χ1n) is 6.43. The molecule has 3 aromatic rings. The van der Waals surface area contributed by atoms with Crippen LogP contribution in [0.25, 0.3) is 11.1 Å². The van der Waals surface area contributed by atoms with Crippen LogP contribution in [0.5, 0.6) is 0 Å². The highest BCUT2D eigenvalue weighted by atomic mass is 79.9. The van der Waals surface area contributed by atoms with Gasteiger partial charge in [-0.3, -0.25) is 0 Å². The molecule has 2 N–H and O–H groups in total. The van der Waals surface area contributed by atoms with E-state index in [-0.39, 0.29) is 0 Å². The molecule has 20 heavy (non-hydrogen) atoms. The summed E-state index contributed by atoms with van der Waals surface area (Å²) in [5.41, 5.74) is 11.7. The smallest absolute Gasteiger partial charge is 0.200 e. The number of anilines is 1. The van der Waals surface area contributed by atoms with E-state index in [2.05, 4.69) is 53.0 Å². The van der Waals surface area contributed by atoms with Crippen molar-refractivity contribution in [3.05, 3.63) is 57.4 Å². The van der Waals surface area contributed by atoms with Crippen LogP contribution in [0.1, 0.15) is 22.6 Å². The van der Waals surface area contributed by atoms with Crippen molar-refractivity contribution in [2.24, 2.45) is 0 Å². The largest absolute Gasteiger partial charge is 0.438 e. The number of fused-ring (bicyclic) bond motifs is 1. The molecule has 1 aromatic heterocycles. The zero-order chi connectivity index (χ0) is 14.3. The Labute approximate surface area is 125 Å². The zero-order valence-electron chi connectivity index (χ0n) is 11.4. The fourth-order valence-electron chi connectivity index (χ4n) is 2.30. The fourth-order valence-corrected chi connectivity index (χ4v) is 2.76. The SMILES string of the molecule is Cc1ccc(C)c(Cc2nc3cc(Br)cc(N)c3o2)c1. The topological polar surface area (TPSA) is 52.0 Å². The Hall–Kier alpha value is -1.81. The summed E-state index contributed by atoms with van der Waals surface area (Å²) in [6.07, 6.45) is 0.680. The second-order valence-electron chi connectivity index (χ2n) is 5.06. The first-order chi connectivity index (χ1) is 9.52. The summed E-state index contributed by atoms with van der Waals surface area (Å²) in [4.78, 5) is 4.52. The van der Waals surface area contributed by atoms with Crippen LogP contribution >= 0.6 is 15.9 Å². The van der Waals surface area contributed by atoms with E-state index in [0.29, 0.717) is 23.6 Å². The molecule has 0 fully saturated rings. The summed E-state index contributed by atoms with van der Waals surface area (Å²) in [5.74, 6) is 0.693. The molecule has 3 nitrogen and oxygen atoms in total. The minimum Gasteiger partial charge on any atom is -0.438 e. The van der Waals surface area contributed by atoms with Crippen LogP contribution in [0.2, 0.25) is 0 Å². The van der Waals surface area contributed by atoms with Crippen molar-refractivity contribution >= 4 is 32.7 Å². The van der Waals surface area contributed by atoms with Gasteiger partial charge in [0, 0.05) is 10.9 Å². The molecule has 0 atom stereocenters. The van der Waals surface area contributed by atoms with Crippen molar-refractivity contribution in [1.82, 2.24) is 4.98 Å². The molecule has 0 radical (unpaired) electrons. The van der Waals surface area contributed by atoms with Gasteiger partial charge in [-0.2, -0.15) is 0 Å². The lowest BCUT2D eigenvalue weighted by molar-refractivity contribution is 0.544. The van der Waals surface area contributed by atoms with Crippen LogP contribution < -0.4 is 5.73 Å². The molecule has 102 valence electrons. The molecule has 0 bridgehead atoms. The van der Waals surface area contributed by atoms with Gasteiger partial charge in [-0.25, -0.2) is 4.98 Å². The highest BCUT2D eigenvalue weighted by Gasteiger charge is 2.11. The summed E-state index contributed by atoms with van der Waals surface area (Å²) in [7, 11) is 0. The van der Waals surface area contributed by atoms with Crippen LogP contribution in [0, 0.1) is 13.8 Å². The number of oxazole rings is 1. The quantitative estimate of drug-likeness (QED) is 0.709.